The first kappa shape index (κ1) is 17.0. The topological polar surface area (TPSA) is 90.9 Å². The molecule has 2 bridgehead atoms. The van der Waals surface area contributed by atoms with E-state index in [1.54, 1.807) is 7.11 Å². The average Bonchev–Trinajstić information content (AvgIpc) is 2.49. The van der Waals surface area contributed by atoms with Crippen molar-refractivity contribution >= 4 is 0 Å². The highest BCUT2D eigenvalue weighted by Crippen LogP contribution is 2.49. The van der Waals surface area contributed by atoms with Gasteiger partial charge in [0, 0.05) is 6.54 Å². The molecule has 1 saturated carbocycles. The van der Waals surface area contributed by atoms with Crippen LogP contribution in [0.25, 0.3) is 0 Å². The first-order valence-corrected chi connectivity index (χ1v) is 9.06. The van der Waals surface area contributed by atoms with Gasteiger partial charge in [0.2, 0.25) is 0 Å². The second kappa shape index (κ2) is 6.20. The van der Waals surface area contributed by atoms with Crippen LogP contribution in [-0.4, -0.2) is 24.3 Å². The maximum absolute atomic E-state index is 10.9. The molecule has 1 heterocycles. The number of fused-ring (bicyclic) bond motifs is 2. The summed E-state index contributed by atoms with van der Waals surface area (Å²) < 4.78 is 42.7. The van der Waals surface area contributed by atoms with Crippen molar-refractivity contribution in [1.29, 1.82) is 0 Å². The van der Waals surface area contributed by atoms with Crippen LogP contribution < -0.4 is 18.7 Å². The number of piperidine rings is 1. The van der Waals surface area contributed by atoms with Crippen molar-refractivity contribution in [2.45, 2.75) is 44.1 Å². The van der Waals surface area contributed by atoms with E-state index in [9.17, 15) is 14.0 Å². The number of hydroxylamine groups is 2. The van der Waals surface area contributed by atoms with Gasteiger partial charge in [-0.05, 0) is 67.2 Å². The largest absolute Gasteiger partial charge is 0.497 e. The summed E-state index contributed by atoms with van der Waals surface area (Å²) >= 11 is 0. The second-order valence-electron chi connectivity index (χ2n) is 6.72. The van der Waals surface area contributed by atoms with Crippen LogP contribution in [0.2, 0.25) is 0 Å². The quantitative estimate of drug-likeness (QED) is 0.756. The molecule has 3 unspecified atom stereocenters. The molecule has 1 aliphatic carbocycles. The zero-order chi connectivity index (χ0) is 16.7. The van der Waals surface area contributed by atoms with Crippen LogP contribution in [0.15, 0.2) is 24.3 Å². The fraction of sp³-hybridized carbons (Fsp3) is 0.625. The minimum absolute atomic E-state index is 0.400. The summed E-state index contributed by atoms with van der Waals surface area (Å²) in [4.78, 5) is 0. The molecule has 0 radical (unpaired) electrons. The van der Waals surface area contributed by atoms with E-state index in [2.05, 4.69) is 16.5 Å². The number of hydrogen-bond acceptors (Lipinski definition) is 6. The predicted molar refractivity (Wildman–Crippen MR) is 73.9 cm³/mol. The normalized spacial score (nSPS) is 31.9. The Morgan fingerprint density at radius 3 is 2.74 bits per heavy atom. The van der Waals surface area contributed by atoms with E-state index in [1.807, 2.05) is 19.1 Å². The smallest absolute Gasteiger partial charge is 0.179 e. The second-order valence-corrected chi connectivity index (χ2v) is 7.61. The highest BCUT2D eigenvalue weighted by Gasteiger charge is 2.51. The number of benzene rings is 1. The van der Waals surface area contributed by atoms with E-state index in [0.29, 0.717) is 18.4 Å². The van der Waals surface area contributed by atoms with Gasteiger partial charge in [-0.25, -0.2) is 0 Å². The number of methoxy groups -OCH3 is 1. The van der Waals surface area contributed by atoms with Gasteiger partial charge in [0.15, 0.2) is 4.39 Å². The molecule has 0 spiro atoms. The summed E-state index contributed by atoms with van der Waals surface area (Å²) in [6.45, 7) is 2.43. The molecule has 1 aromatic rings. The van der Waals surface area contributed by atoms with Crippen molar-refractivity contribution in [2.75, 3.05) is 13.7 Å². The van der Waals surface area contributed by atoms with Gasteiger partial charge in [-0.15, -0.1) is 0 Å². The molecule has 0 N–H and O–H groups in total. The summed E-state index contributed by atoms with van der Waals surface area (Å²) in [5.41, 5.74) is 0.864. The molecule has 6 nitrogen and oxygen atoms in total. The van der Waals surface area contributed by atoms with Crippen LogP contribution >= 0.6 is 0 Å². The molecule has 1 saturated heterocycles. The molecule has 128 valence electrons. The number of halogens is 1. The van der Waals surface area contributed by atoms with E-state index in [0.717, 1.165) is 31.4 Å². The number of hydrogen-bond donors (Lipinski definition) is 0. The van der Waals surface area contributed by atoms with Crippen LogP contribution in [0.3, 0.4) is 0 Å². The summed E-state index contributed by atoms with van der Waals surface area (Å²) in [7, 11) is -2.77. The maximum atomic E-state index is 10.9. The molecule has 1 aliphatic heterocycles. The van der Waals surface area contributed by atoms with Gasteiger partial charge in [-0.2, -0.15) is 14.0 Å². The maximum Gasteiger partial charge on any atom is 0.179 e. The Labute approximate surface area is 138 Å². The summed E-state index contributed by atoms with van der Waals surface area (Å²) in [5, 5.41) is 1.37. The van der Waals surface area contributed by atoms with Crippen LogP contribution in [0.1, 0.15) is 44.1 Å². The SMILES string of the molecule is COc1cccc(C2CCC3(C)CC2CCN3O[Cl+3]([O-])([O-])[O-])c1. The first-order chi connectivity index (χ1) is 10.8. The third-order valence-corrected chi connectivity index (χ3v) is 5.60. The first-order valence-electron chi connectivity index (χ1n) is 7.83. The third-order valence-electron chi connectivity index (χ3n) is 5.26. The van der Waals surface area contributed by atoms with Gasteiger partial charge in [0.25, 0.3) is 0 Å². The van der Waals surface area contributed by atoms with Gasteiger partial charge in [0.1, 0.15) is 16.0 Å². The molecule has 3 atom stereocenters. The number of ether oxygens (including phenoxy) is 1. The van der Waals surface area contributed by atoms with Crippen LogP contribution in [-0.2, 0) is 4.39 Å². The van der Waals surface area contributed by atoms with Crippen LogP contribution in [0, 0.1) is 16.2 Å². The third kappa shape index (κ3) is 3.63. The number of rotatable bonds is 4. The molecule has 3 rings (SSSR count). The van der Waals surface area contributed by atoms with Gasteiger partial charge in [-0.1, -0.05) is 12.1 Å². The molecule has 1 aromatic carbocycles. The minimum atomic E-state index is -4.43. The predicted octanol–water partition coefficient (Wildman–Crippen LogP) is -0.128. The fourth-order valence-electron chi connectivity index (χ4n) is 4.12. The molecule has 7 heteroatoms. The van der Waals surface area contributed by atoms with Crippen LogP contribution in [0.4, 0.5) is 0 Å². The van der Waals surface area contributed by atoms with Gasteiger partial charge in [-0.3, -0.25) is 0 Å². The summed E-state index contributed by atoms with van der Waals surface area (Å²) in [6.07, 6.45) is 3.35. The lowest BCUT2D eigenvalue weighted by Crippen LogP contribution is -2.67. The lowest BCUT2D eigenvalue weighted by atomic mass is 9.65. The summed E-state index contributed by atoms with van der Waals surface area (Å²) in [6, 6.07) is 8.14. The van der Waals surface area contributed by atoms with E-state index in [1.165, 1.54) is 10.6 Å². The molecule has 2 fully saturated rings. The number of nitrogens with zero attached hydrogens (tertiary/aromatic N) is 1. The lowest BCUT2D eigenvalue weighted by Gasteiger charge is -2.49. The fourth-order valence-corrected chi connectivity index (χ4v) is 4.56. The van der Waals surface area contributed by atoms with Gasteiger partial charge >= 0.3 is 0 Å². The Balaban J connectivity index is 1.75. The minimum Gasteiger partial charge on any atom is -0.497 e. The molecule has 23 heavy (non-hydrogen) atoms. The lowest BCUT2D eigenvalue weighted by molar-refractivity contribution is -1.93. The van der Waals surface area contributed by atoms with E-state index in [-0.39, 0.29) is 0 Å². The Morgan fingerprint density at radius 2 is 2.04 bits per heavy atom. The van der Waals surface area contributed by atoms with Gasteiger partial charge < -0.3 is 4.74 Å². The van der Waals surface area contributed by atoms with Crippen LogP contribution in [0.5, 0.6) is 5.75 Å². The zero-order valence-electron chi connectivity index (χ0n) is 13.4. The van der Waals surface area contributed by atoms with Crippen molar-refractivity contribution in [3.63, 3.8) is 0 Å². The molecule has 0 aromatic heterocycles. The van der Waals surface area contributed by atoms with Crippen molar-refractivity contribution in [3.05, 3.63) is 29.8 Å². The van der Waals surface area contributed by atoms with Crippen molar-refractivity contribution in [3.8, 4) is 5.75 Å². The molecule has 2 aliphatic rings. The van der Waals surface area contributed by atoms with Gasteiger partial charge in [0.05, 0.1) is 12.6 Å². The Kier molecular flexibility index (Phi) is 4.57. The highest BCUT2D eigenvalue weighted by molar-refractivity contribution is 5.32. The average molecular weight is 344 g/mol. The summed E-state index contributed by atoms with van der Waals surface area (Å²) in [5.74, 6) is 1.74. The van der Waals surface area contributed by atoms with E-state index >= 15 is 0 Å². The molecule has 0 amide bonds. The standard InChI is InChI=1S/C16H22ClNO5/c1-16-8-6-15(12-4-3-5-14(10-12)22-2)13(11-16)7-9-18(16)23-17(19,20)21/h3-5,10,13,15H,6-9,11H2,1-2H3. The Hall–Kier alpha value is -0.890. The van der Waals surface area contributed by atoms with E-state index < -0.39 is 15.8 Å². The van der Waals surface area contributed by atoms with Crippen molar-refractivity contribution < 1.29 is 33.3 Å². The molecular weight excluding hydrogens is 322 g/mol. The monoisotopic (exact) mass is 343 g/mol. The Morgan fingerprint density at radius 1 is 1.26 bits per heavy atom. The van der Waals surface area contributed by atoms with Crippen molar-refractivity contribution in [2.24, 2.45) is 5.92 Å². The van der Waals surface area contributed by atoms with Crippen molar-refractivity contribution in [1.82, 2.24) is 5.06 Å². The zero-order valence-corrected chi connectivity index (χ0v) is 14.1. The highest BCUT2D eigenvalue weighted by atomic mass is 35.7. The molecular formula is C16H22ClNO5. The Bertz CT molecular complexity index is 564. The van der Waals surface area contributed by atoms with E-state index in [4.69, 9.17) is 4.74 Å².